The standard InChI is InChI=1S/C31H34Cl2N2O3/c1-21-12-15-27(16-22(21)2)38-20-30(36)35(19-24-13-14-25(32)18-28(24)33)29(17-23-8-4-3-5-9-23)31(37)34-26-10-6-7-11-26/h3-5,8-9,12-16,18,26,29H,6-7,10-11,17,19-20H2,1-2H3,(H,34,37)/t29-/m0/s1. The van der Waals surface area contributed by atoms with E-state index in [0.717, 1.165) is 42.4 Å². The monoisotopic (exact) mass is 552 g/mol. The van der Waals surface area contributed by atoms with E-state index in [2.05, 4.69) is 5.32 Å². The molecule has 2 amide bonds. The van der Waals surface area contributed by atoms with Gasteiger partial charge in [0, 0.05) is 29.1 Å². The molecular formula is C31H34Cl2N2O3. The highest BCUT2D eigenvalue weighted by Crippen LogP contribution is 2.25. The first-order valence-corrected chi connectivity index (χ1v) is 13.8. The van der Waals surface area contributed by atoms with Crippen LogP contribution < -0.4 is 10.1 Å². The molecule has 38 heavy (non-hydrogen) atoms. The summed E-state index contributed by atoms with van der Waals surface area (Å²) in [6.07, 6.45) is 4.48. The minimum absolute atomic E-state index is 0.128. The highest BCUT2D eigenvalue weighted by molar-refractivity contribution is 6.35. The Kier molecular flexibility index (Phi) is 9.70. The SMILES string of the molecule is Cc1ccc(OCC(=O)N(Cc2ccc(Cl)cc2Cl)[C@@H](Cc2ccccc2)C(=O)NC2CCCC2)cc1C. The summed E-state index contributed by atoms with van der Waals surface area (Å²) in [4.78, 5) is 29.1. The Bertz CT molecular complexity index is 1260. The van der Waals surface area contributed by atoms with Crippen LogP contribution in [0, 0.1) is 13.8 Å². The van der Waals surface area contributed by atoms with Crippen molar-refractivity contribution in [2.45, 2.75) is 64.6 Å². The van der Waals surface area contributed by atoms with E-state index < -0.39 is 6.04 Å². The predicted molar refractivity (Wildman–Crippen MR) is 153 cm³/mol. The van der Waals surface area contributed by atoms with Crippen molar-refractivity contribution in [1.82, 2.24) is 10.2 Å². The second-order valence-corrected chi connectivity index (χ2v) is 10.8. The van der Waals surface area contributed by atoms with E-state index in [4.69, 9.17) is 27.9 Å². The summed E-state index contributed by atoms with van der Waals surface area (Å²) in [6.45, 7) is 3.98. The number of aryl methyl sites for hydroxylation is 2. The third kappa shape index (κ3) is 7.52. The van der Waals surface area contributed by atoms with E-state index >= 15 is 0 Å². The number of nitrogens with zero attached hydrogens (tertiary/aromatic N) is 1. The van der Waals surface area contributed by atoms with Crippen molar-refractivity contribution >= 4 is 35.0 Å². The van der Waals surface area contributed by atoms with Crippen LogP contribution >= 0.6 is 23.2 Å². The van der Waals surface area contributed by atoms with Gasteiger partial charge < -0.3 is 15.0 Å². The van der Waals surface area contributed by atoms with Gasteiger partial charge in [-0.2, -0.15) is 0 Å². The van der Waals surface area contributed by atoms with E-state index in [1.807, 2.05) is 62.4 Å². The zero-order valence-corrected chi connectivity index (χ0v) is 23.4. The number of hydrogen-bond acceptors (Lipinski definition) is 3. The van der Waals surface area contributed by atoms with Gasteiger partial charge in [-0.05, 0) is 73.2 Å². The Morgan fingerprint density at radius 1 is 0.974 bits per heavy atom. The van der Waals surface area contributed by atoms with Crippen molar-refractivity contribution in [3.8, 4) is 5.75 Å². The van der Waals surface area contributed by atoms with Gasteiger partial charge in [0.15, 0.2) is 6.61 Å². The molecule has 1 aliphatic rings. The summed E-state index contributed by atoms with van der Waals surface area (Å²) in [5.74, 6) is 0.156. The van der Waals surface area contributed by atoms with E-state index in [-0.39, 0.29) is 31.0 Å². The molecule has 1 aliphatic carbocycles. The Morgan fingerprint density at radius 3 is 2.39 bits per heavy atom. The Morgan fingerprint density at radius 2 is 1.71 bits per heavy atom. The number of carbonyl (C=O) groups is 2. The molecule has 0 saturated heterocycles. The van der Waals surface area contributed by atoms with Crippen LogP contribution in [-0.4, -0.2) is 35.4 Å². The molecule has 0 aliphatic heterocycles. The van der Waals surface area contributed by atoms with Gasteiger partial charge in [-0.1, -0.05) is 78.5 Å². The summed E-state index contributed by atoms with van der Waals surface area (Å²) >= 11 is 12.6. The van der Waals surface area contributed by atoms with Gasteiger partial charge in [0.1, 0.15) is 11.8 Å². The highest BCUT2D eigenvalue weighted by atomic mass is 35.5. The number of hydrogen-bond donors (Lipinski definition) is 1. The van der Waals surface area contributed by atoms with Crippen LogP contribution in [0.3, 0.4) is 0 Å². The molecule has 0 heterocycles. The fourth-order valence-corrected chi connectivity index (χ4v) is 5.25. The van der Waals surface area contributed by atoms with Crippen LogP contribution in [0.25, 0.3) is 0 Å². The lowest BCUT2D eigenvalue weighted by atomic mass is 10.0. The van der Waals surface area contributed by atoms with Crippen LogP contribution in [0.5, 0.6) is 5.75 Å². The summed E-state index contributed by atoms with van der Waals surface area (Å²) in [5, 5.41) is 4.16. The number of nitrogens with one attached hydrogen (secondary N) is 1. The molecular weight excluding hydrogens is 519 g/mol. The molecule has 0 spiro atoms. The Hall–Kier alpha value is -3.02. The maximum Gasteiger partial charge on any atom is 0.261 e. The molecule has 200 valence electrons. The first-order chi connectivity index (χ1) is 18.3. The lowest BCUT2D eigenvalue weighted by molar-refractivity contribution is -0.143. The topological polar surface area (TPSA) is 58.6 Å². The van der Waals surface area contributed by atoms with E-state index in [0.29, 0.717) is 27.8 Å². The zero-order valence-electron chi connectivity index (χ0n) is 21.9. The number of amides is 2. The molecule has 5 nitrogen and oxygen atoms in total. The number of ether oxygens (including phenoxy) is 1. The minimum Gasteiger partial charge on any atom is -0.484 e. The average molecular weight is 554 g/mol. The van der Waals surface area contributed by atoms with Crippen molar-refractivity contribution < 1.29 is 14.3 Å². The maximum absolute atomic E-state index is 13.8. The molecule has 3 aromatic carbocycles. The molecule has 4 rings (SSSR count). The van der Waals surface area contributed by atoms with Crippen molar-refractivity contribution in [3.05, 3.63) is 99.0 Å². The zero-order chi connectivity index (χ0) is 27.1. The maximum atomic E-state index is 13.8. The van der Waals surface area contributed by atoms with Crippen molar-refractivity contribution in [2.75, 3.05) is 6.61 Å². The molecule has 1 atom stereocenters. The molecule has 1 fully saturated rings. The summed E-state index contributed by atoms with van der Waals surface area (Å²) < 4.78 is 5.91. The third-order valence-electron chi connectivity index (χ3n) is 7.17. The lowest BCUT2D eigenvalue weighted by Crippen LogP contribution is -2.53. The first kappa shape index (κ1) is 28.0. The molecule has 1 N–H and O–H groups in total. The van der Waals surface area contributed by atoms with Gasteiger partial charge in [0.05, 0.1) is 0 Å². The normalized spacial score (nSPS) is 14.2. The van der Waals surface area contributed by atoms with E-state index in [9.17, 15) is 9.59 Å². The van der Waals surface area contributed by atoms with Crippen LogP contribution in [0.15, 0.2) is 66.7 Å². The van der Waals surface area contributed by atoms with Gasteiger partial charge in [-0.15, -0.1) is 0 Å². The quantitative estimate of drug-likeness (QED) is 0.305. The lowest BCUT2D eigenvalue weighted by Gasteiger charge is -2.32. The largest absolute Gasteiger partial charge is 0.484 e. The molecule has 7 heteroatoms. The first-order valence-electron chi connectivity index (χ1n) is 13.1. The molecule has 0 aromatic heterocycles. The second-order valence-electron chi connectivity index (χ2n) is 9.99. The summed E-state index contributed by atoms with van der Waals surface area (Å²) in [5.41, 5.74) is 3.91. The highest BCUT2D eigenvalue weighted by Gasteiger charge is 2.32. The third-order valence-corrected chi connectivity index (χ3v) is 7.76. The molecule has 0 unspecified atom stereocenters. The minimum atomic E-state index is -0.736. The predicted octanol–water partition coefficient (Wildman–Crippen LogP) is 6.69. The average Bonchev–Trinajstić information content (AvgIpc) is 3.41. The Labute approximate surface area is 235 Å². The van der Waals surface area contributed by atoms with Gasteiger partial charge in [0.25, 0.3) is 5.91 Å². The van der Waals surface area contributed by atoms with Crippen molar-refractivity contribution in [2.24, 2.45) is 0 Å². The van der Waals surface area contributed by atoms with Crippen LogP contribution in [0.4, 0.5) is 0 Å². The van der Waals surface area contributed by atoms with Crippen LogP contribution in [-0.2, 0) is 22.6 Å². The smallest absolute Gasteiger partial charge is 0.261 e. The molecule has 1 saturated carbocycles. The molecule has 3 aromatic rings. The van der Waals surface area contributed by atoms with Gasteiger partial charge in [-0.25, -0.2) is 0 Å². The van der Waals surface area contributed by atoms with Crippen molar-refractivity contribution in [1.29, 1.82) is 0 Å². The van der Waals surface area contributed by atoms with Gasteiger partial charge in [-0.3, -0.25) is 9.59 Å². The van der Waals surface area contributed by atoms with Crippen molar-refractivity contribution in [3.63, 3.8) is 0 Å². The summed E-state index contributed by atoms with van der Waals surface area (Å²) in [6, 6.07) is 20.1. The molecule has 0 bridgehead atoms. The van der Waals surface area contributed by atoms with Crippen LogP contribution in [0.1, 0.15) is 47.9 Å². The number of carbonyl (C=O) groups excluding carboxylic acids is 2. The second kappa shape index (κ2) is 13.2. The Balaban J connectivity index is 1.63. The molecule has 0 radical (unpaired) electrons. The van der Waals surface area contributed by atoms with Gasteiger partial charge in [0.2, 0.25) is 5.91 Å². The summed E-state index contributed by atoms with van der Waals surface area (Å²) in [7, 11) is 0. The fraction of sp³-hybridized carbons (Fsp3) is 0.355. The number of halogens is 2. The van der Waals surface area contributed by atoms with E-state index in [1.54, 1.807) is 23.1 Å². The number of rotatable bonds is 10. The van der Waals surface area contributed by atoms with E-state index in [1.165, 1.54) is 0 Å². The fourth-order valence-electron chi connectivity index (χ4n) is 4.79. The van der Waals surface area contributed by atoms with Gasteiger partial charge >= 0.3 is 0 Å². The van der Waals surface area contributed by atoms with Crippen LogP contribution in [0.2, 0.25) is 10.0 Å². The number of benzene rings is 3.